The molecule has 3 aromatic carbocycles. The number of benzene rings is 3. The Morgan fingerprint density at radius 2 is 1.52 bits per heavy atom. The van der Waals surface area contributed by atoms with Crippen LogP contribution in [0.3, 0.4) is 0 Å². The van der Waals surface area contributed by atoms with Gasteiger partial charge in [-0.3, -0.25) is 9.10 Å². The minimum atomic E-state index is -3.61. The number of nitrogens with one attached hydrogen (secondary N) is 1. The van der Waals surface area contributed by atoms with Gasteiger partial charge in [0.2, 0.25) is 10.0 Å². The number of carbonyl (C=O) groups excluding carboxylic acids is 1. The minimum absolute atomic E-state index is 0.0487. The molecule has 0 atom stereocenters. The van der Waals surface area contributed by atoms with E-state index in [1.165, 1.54) is 36.7 Å². The number of methoxy groups -OCH3 is 2. The highest BCUT2D eigenvalue weighted by Crippen LogP contribution is 2.30. The van der Waals surface area contributed by atoms with Crippen LogP contribution < -0.4 is 19.1 Å². The number of carbonyl (C=O) groups is 1. The summed E-state index contributed by atoms with van der Waals surface area (Å²) in [6.07, 6.45) is 1.10. The lowest BCUT2D eigenvalue weighted by Gasteiger charge is -2.23. The zero-order valence-electron chi connectivity index (χ0n) is 18.1. The average Bonchev–Trinajstić information content (AvgIpc) is 2.76. The second-order valence-electron chi connectivity index (χ2n) is 7.12. The molecular formula is C23H22Cl2N2O5S. The number of hydrogen-bond acceptors (Lipinski definition) is 5. The number of sulfonamides is 1. The summed E-state index contributed by atoms with van der Waals surface area (Å²) in [5, 5.41) is 3.45. The summed E-state index contributed by atoms with van der Waals surface area (Å²) >= 11 is 12.1. The molecule has 0 heterocycles. The average molecular weight is 509 g/mol. The third-order valence-electron chi connectivity index (χ3n) is 4.72. The summed E-state index contributed by atoms with van der Waals surface area (Å²) in [6.45, 7) is 0.0487. The Kier molecular flexibility index (Phi) is 7.73. The minimum Gasteiger partial charge on any atom is -0.493 e. The molecule has 0 aromatic heterocycles. The third-order valence-corrected chi connectivity index (χ3v) is 6.30. The van der Waals surface area contributed by atoms with E-state index in [0.717, 1.165) is 6.26 Å². The molecule has 1 N–H and O–H groups in total. The van der Waals surface area contributed by atoms with Crippen LogP contribution in [0.15, 0.2) is 60.7 Å². The van der Waals surface area contributed by atoms with Gasteiger partial charge in [0.15, 0.2) is 11.5 Å². The zero-order valence-corrected chi connectivity index (χ0v) is 20.5. The largest absolute Gasteiger partial charge is 0.493 e. The van der Waals surface area contributed by atoms with Gasteiger partial charge in [-0.15, -0.1) is 0 Å². The van der Waals surface area contributed by atoms with Crippen LogP contribution in [0.5, 0.6) is 11.5 Å². The molecule has 0 unspecified atom stereocenters. The van der Waals surface area contributed by atoms with Gasteiger partial charge in [-0.1, -0.05) is 35.3 Å². The predicted octanol–water partition coefficient (Wildman–Crippen LogP) is 5.23. The van der Waals surface area contributed by atoms with Gasteiger partial charge in [0.05, 0.1) is 32.7 Å². The fourth-order valence-electron chi connectivity index (χ4n) is 3.13. The summed E-state index contributed by atoms with van der Waals surface area (Å²) in [4.78, 5) is 12.6. The van der Waals surface area contributed by atoms with E-state index in [4.69, 9.17) is 32.7 Å². The van der Waals surface area contributed by atoms with Crippen LogP contribution in [0.2, 0.25) is 10.0 Å². The van der Waals surface area contributed by atoms with Crippen LogP contribution in [0, 0.1) is 0 Å². The van der Waals surface area contributed by atoms with Crippen molar-refractivity contribution in [3.63, 3.8) is 0 Å². The van der Waals surface area contributed by atoms with Gasteiger partial charge in [0.25, 0.3) is 5.91 Å². The number of ether oxygens (including phenoxy) is 2. The first-order valence-corrected chi connectivity index (χ1v) is 12.3. The molecule has 0 bridgehead atoms. The summed E-state index contributed by atoms with van der Waals surface area (Å²) in [5.41, 5.74) is 1.98. The van der Waals surface area contributed by atoms with Gasteiger partial charge in [-0.25, -0.2) is 8.42 Å². The Hall–Kier alpha value is -2.94. The Labute approximate surface area is 202 Å². The highest BCUT2D eigenvalue weighted by molar-refractivity contribution is 7.92. The van der Waals surface area contributed by atoms with Crippen molar-refractivity contribution in [1.29, 1.82) is 0 Å². The van der Waals surface area contributed by atoms with Crippen molar-refractivity contribution in [3.8, 4) is 11.5 Å². The van der Waals surface area contributed by atoms with Crippen molar-refractivity contribution in [1.82, 2.24) is 0 Å². The maximum atomic E-state index is 12.6. The number of nitrogens with zero attached hydrogens (tertiary/aromatic N) is 1. The normalized spacial score (nSPS) is 11.1. The van der Waals surface area contributed by atoms with E-state index in [1.807, 2.05) is 0 Å². The van der Waals surface area contributed by atoms with Crippen molar-refractivity contribution in [2.24, 2.45) is 0 Å². The molecule has 1 amide bonds. The number of rotatable bonds is 8. The molecule has 0 aliphatic carbocycles. The lowest BCUT2D eigenvalue weighted by atomic mass is 10.1. The second kappa shape index (κ2) is 10.3. The van der Waals surface area contributed by atoms with Crippen molar-refractivity contribution >= 4 is 50.5 Å². The first kappa shape index (κ1) is 24.7. The van der Waals surface area contributed by atoms with Gasteiger partial charge >= 0.3 is 0 Å². The maximum Gasteiger partial charge on any atom is 0.255 e. The van der Waals surface area contributed by atoms with Crippen LogP contribution in [0.25, 0.3) is 0 Å². The van der Waals surface area contributed by atoms with Crippen LogP contribution in [0.1, 0.15) is 15.9 Å². The monoisotopic (exact) mass is 508 g/mol. The molecule has 0 saturated heterocycles. The van der Waals surface area contributed by atoms with E-state index in [1.54, 1.807) is 42.5 Å². The van der Waals surface area contributed by atoms with Gasteiger partial charge in [0.1, 0.15) is 0 Å². The number of amides is 1. The molecule has 33 heavy (non-hydrogen) atoms. The second-order valence-corrected chi connectivity index (χ2v) is 9.90. The Morgan fingerprint density at radius 1 is 0.909 bits per heavy atom. The van der Waals surface area contributed by atoms with Crippen LogP contribution in [-0.2, 0) is 16.6 Å². The van der Waals surface area contributed by atoms with Crippen LogP contribution in [-0.4, -0.2) is 34.8 Å². The molecule has 0 aliphatic rings. The topological polar surface area (TPSA) is 84.9 Å². The third kappa shape index (κ3) is 6.31. The zero-order chi connectivity index (χ0) is 24.2. The number of halogens is 2. The lowest BCUT2D eigenvalue weighted by Crippen LogP contribution is -2.29. The van der Waals surface area contributed by atoms with E-state index in [-0.39, 0.29) is 12.5 Å². The molecule has 174 valence electrons. The summed E-state index contributed by atoms with van der Waals surface area (Å²) in [6, 6.07) is 16.3. The molecule has 0 fully saturated rings. The van der Waals surface area contributed by atoms with Crippen molar-refractivity contribution in [2.75, 3.05) is 30.1 Å². The van der Waals surface area contributed by atoms with E-state index >= 15 is 0 Å². The molecule has 0 spiro atoms. The van der Waals surface area contributed by atoms with Crippen molar-refractivity contribution in [2.45, 2.75) is 6.54 Å². The molecule has 7 nitrogen and oxygen atoms in total. The fraction of sp³-hybridized carbons (Fsp3) is 0.174. The first-order chi connectivity index (χ1) is 15.6. The van der Waals surface area contributed by atoms with E-state index < -0.39 is 10.0 Å². The fourth-order valence-corrected chi connectivity index (χ4v) is 4.51. The summed E-state index contributed by atoms with van der Waals surface area (Å²) in [5.74, 6) is 0.722. The summed E-state index contributed by atoms with van der Waals surface area (Å²) in [7, 11) is -0.570. The van der Waals surface area contributed by atoms with Crippen LogP contribution >= 0.6 is 23.2 Å². The molecule has 0 radical (unpaired) electrons. The molecule has 3 rings (SSSR count). The molecule has 3 aromatic rings. The van der Waals surface area contributed by atoms with Gasteiger partial charge in [0, 0.05) is 27.4 Å². The van der Waals surface area contributed by atoms with E-state index in [9.17, 15) is 13.2 Å². The van der Waals surface area contributed by atoms with Gasteiger partial charge < -0.3 is 14.8 Å². The predicted molar refractivity (Wildman–Crippen MR) is 131 cm³/mol. The maximum absolute atomic E-state index is 12.6. The SMILES string of the molecule is COc1ccc(NC(=O)c2ccc(CN(c3cc(Cl)cc(Cl)c3)S(C)(=O)=O)cc2)cc1OC. The first-order valence-electron chi connectivity index (χ1n) is 9.67. The number of hydrogen-bond donors (Lipinski definition) is 1. The van der Waals surface area contributed by atoms with E-state index in [0.29, 0.717) is 44.0 Å². The highest BCUT2D eigenvalue weighted by atomic mass is 35.5. The molecule has 10 heteroatoms. The molecule has 0 saturated carbocycles. The quantitative estimate of drug-likeness (QED) is 0.450. The van der Waals surface area contributed by atoms with Crippen LogP contribution in [0.4, 0.5) is 11.4 Å². The standard InChI is InChI=1S/C23H22Cl2N2O5S/c1-31-21-9-8-19(13-22(21)32-2)26-23(28)16-6-4-15(5-7-16)14-27(33(3,29)30)20-11-17(24)10-18(25)12-20/h4-13H,14H2,1-3H3,(H,26,28). The molecule has 0 aliphatic heterocycles. The Bertz CT molecular complexity index is 1240. The van der Waals surface area contributed by atoms with Gasteiger partial charge in [-0.05, 0) is 48.0 Å². The summed E-state index contributed by atoms with van der Waals surface area (Å²) < 4.78 is 36.4. The number of anilines is 2. The molecular weight excluding hydrogens is 487 g/mol. The highest BCUT2D eigenvalue weighted by Gasteiger charge is 2.19. The smallest absolute Gasteiger partial charge is 0.255 e. The van der Waals surface area contributed by atoms with Crippen molar-refractivity contribution in [3.05, 3.63) is 81.8 Å². The van der Waals surface area contributed by atoms with Crippen molar-refractivity contribution < 1.29 is 22.7 Å². The van der Waals surface area contributed by atoms with Gasteiger partial charge in [-0.2, -0.15) is 0 Å². The Morgan fingerprint density at radius 3 is 2.06 bits per heavy atom. The Balaban J connectivity index is 1.78. The van der Waals surface area contributed by atoms with E-state index in [2.05, 4.69) is 5.32 Å². The lowest BCUT2D eigenvalue weighted by molar-refractivity contribution is 0.102.